The van der Waals surface area contributed by atoms with Crippen molar-refractivity contribution in [3.05, 3.63) is 60.7 Å². The zero-order chi connectivity index (χ0) is 17.8. The van der Waals surface area contributed by atoms with Crippen LogP contribution in [0, 0.1) is 0 Å². The minimum atomic E-state index is -0.211. The predicted molar refractivity (Wildman–Crippen MR) is 98.7 cm³/mol. The van der Waals surface area contributed by atoms with Crippen molar-refractivity contribution in [3.63, 3.8) is 0 Å². The summed E-state index contributed by atoms with van der Waals surface area (Å²) in [5.74, 6) is 0.650. The maximum atomic E-state index is 12.6. The van der Waals surface area contributed by atoms with Crippen LogP contribution in [0.25, 0.3) is 10.8 Å². The lowest BCUT2D eigenvalue weighted by molar-refractivity contribution is -0.122. The quantitative estimate of drug-likeness (QED) is 0.750. The Morgan fingerprint density at radius 3 is 2.68 bits per heavy atom. The van der Waals surface area contributed by atoms with Gasteiger partial charge in [-0.05, 0) is 42.3 Å². The van der Waals surface area contributed by atoms with Crippen LogP contribution < -0.4 is 10.1 Å². The minimum absolute atomic E-state index is 0.0282. The zero-order valence-corrected chi connectivity index (χ0v) is 14.8. The maximum absolute atomic E-state index is 12.6. The van der Waals surface area contributed by atoms with Crippen LogP contribution in [-0.2, 0) is 11.3 Å². The molecule has 0 saturated heterocycles. The number of fused-ring (bicyclic) bond motifs is 1. The average molecular weight is 337 g/mol. The van der Waals surface area contributed by atoms with Crippen LogP contribution in [0.4, 0.5) is 0 Å². The van der Waals surface area contributed by atoms with Gasteiger partial charge in [0.05, 0.1) is 19.4 Å². The maximum Gasteiger partial charge on any atom is 0.227 e. The van der Waals surface area contributed by atoms with E-state index in [2.05, 4.69) is 16.4 Å². The van der Waals surface area contributed by atoms with Crippen LogP contribution in [-0.4, -0.2) is 28.6 Å². The van der Waals surface area contributed by atoms with Gasteiger partial charge in [-0.3, -0.25) is 4.79 Å². The molecular formula is C20H23N3O2. The van der Waals surface area contributed by atoms with Gasteiger partial charge in [0.15, 0.2) is 0 Å². The molecule has 1 amide bonds. The molecule has 3 aromatic rings. The summed E-state index contributed by atoms with van der Waals surface area (Å²) in [6, 6.07) is 12.1. The van der Waals surface area contributed by atoms with Crippen molar-refractivity contribution in [1.82, 2.24) is 14.9 Å². The highest BCUT2D eigenvalue weighted by Gasteiger charge is 2.17. The lowest BCUT2D eigenvalue weighted by Gasteiger charge is -2.18. The summed E-state index contributed by atoms with van der Waals surface area (Å²) < 4.78 is 7.21. The monoisotopic (exact) mass is 337 g/mol. The lowest BCUT2D eigenvalue weighted by Crippen LogP contribution is -2.37. The van der Waals surface area contributed by atoms with E-state index in [9.17, 15) is 4.79 Å². The predicted octanol–water partition coefficient (Wildman–Crippen LogP) is 3.35. The second kappa shape index (κ2) is 7.38. The van der Waals surface area contributed by atoms with E-state index in [1.54, 1.807) is 19.6 Å². The van der Waals surface area contributed by atoms with Crippen molar-refractivity contribution in [2.24, 2.45) is 0 Å². The Labute approximate surface area is 147 Å². The number of nitrogens with zero attached hydrogens (tertiary/aromatic N) is 2. The van der Waals surface area contributed by atoms with Crippen LogP contribution in [0.3, 0.4) is 0 Å². The van der Waals surface area contributed by atoms with Gasteiger partial charge in [-0.15, -0.1) is 0 Å². The molecule has 2 aromatic carbocycles. The summed E-state index contributed by atoms with van der Waals surface area (Å²) in [4.78, 5) is 16.6. The van der Waals surface area contributed by atoms with Crippen LogP contribution in [0.5, 0.6) is 5.75 Å². The fourth-order valence-electron chi connectivity index (χ4n) is 2.91. The molecule has 0 bridgehead atoms. The van der Waals surface area contributed by atoms with Crippen LogP contribution in [0.15, 0.2) is 55.1 Å². The number of hydrogen-bond donors (Lipinski definition) is 1. The number of hydrogen-bond acceptors (Lipinski definition) is 3. The number of rotatable bonds is 6. The van der Waals surface area contributed by atoms with Gasteiger partial charge in [-0.1, -0.05) is 24.3 Å². The van der Waals surface area contributed by atoms with Gasteiger partial charge in [0.2, 0.25) is 5.91 Å². The standard InChI is InChI=1S/C20H23N3O2/c1-14(12-23-9-8-21-13-23)22-20(24)15(2)16-4-5-18-11-19(25-3)7-6-17(18)10-16/h4-11,13-15H,12H2,1-3H3,(H,22,24)/t14-,15+/m1/s1. The number of methoxy groups -OCH3 is 1. The number of ether oxygens (including phenoxy) is 1. The van der Waals surface area contributed by atoms with E-state index in [1.165, 1.54) is 0 Å². The van der Waals surface area contributed by atoms with Gasteiger partial charge in [-0.25, -0.2) is 4.98 Å². The van der Waals surface area contributed by atoms with E-state index in [0.29, 0.717) is 6.54 Å². The molecule has 5 heteroatoms. The number of carbonyl (C=O) groups is 1. The molecule has 1 heterocycles. The van der Waals surface area contributed by atoms with Gasteiger partial charge in [-0.2, -0.15) is 0 Å². The third-order valence-electron chi connectivity index (χ3n) is 4.40. The van der Waals surface area contributed by atoms with Crippen LogP contribution >= 0.6 is 0 Å². The van der Waals surface area contributed by atoms with Gasteiger partial charge in [0, 0.05) is 25.0 Å². The van der Waals surface area contributed by atoms with Crippen molar-refractivity contribution in [2.45, 2.75) is 32.4 Å². The summed E-state index contributed by atoms with van der Waals surface area (Å²) in [7, 11) is 1.66. The molecule has 0 radical (unpaired) electrons. The summed E-state index contributed by atoms with van der Waals surface area (Å²) in [5.41, 5.74) is 1.00. The number of nitrogens with one attached hydrogen (secondary N) is 1. The van der Waals surface area contributed by atoms with Gasteiger partial charge < -0.3 is 14.6 Å². The van der Waals surface area contributed by atoms with E-state index < -0.39 is 0 Å². The molecule has 130 valence electrons. The second-order valence-corrected chi connectivity index (χ2v) is 6.36. The molecule has 5 nitrogen and oxygen atoms in total. The molecule has 0 aliphatic heterocycles. The first kappa shape index (κ1) is 17.0. The third-order valence-corrected chi connectivity index (χ3v) is 4.40. The lowest BCUT2D eigenvalue weighted by atomic mass is 9.96. The first-order valence-corrected chi connectivity index (χ1v) is 8.40. The first-order valence-electron chi connectivity index (χ1n) is 8.40. The molecule has 0 saturated carbocycles. The first-order chi connectivity index (χ1) is 12.1. The van der Waals surface area contributed by atoms with Gasteiger partial charge in [0.1, 0.15) is 5.75 Å². The normalized spacial score (nSPS) is 13.4. The molecule has 2 atom stereocenters. The van der Waals surface area contributed by atoms with E-state index in [4.69, 9.17) is 4.74 Å². The summed E-state index contributed by atoms with van der Waals surface area (Å²) in [6.45, 7) is 4.64. The highest BCUT2D eigenvalue weighted by Crippen LogP contribution is 2.25. The summed E-state index contributed by atoms with van der Waals surface area (Å²) >= 11 is 0. The second-order valence-electron chi connectivity index (χ2n) is 6.36. The van der Waals surface area contributed by atoms with Crippen molar-refractivity contribution in [2.75, 3.05) is 7.11 Å². The van der Waals surface area contributed by atoms with Crippen molar-refractivity contribution < 1.29 is 9.53 Å². The van der Waals surface area contributed by atoms with Crippen molar-refractivity contribution in [3.8, 4) is 5.75 Å². The molecule has 1 N–H and O–H groups in total. The number of carbonyl (C=O) groups excluding carboxylic acids is 1. The molecule has 0 fully saturated rings. The third kappa shape index (κ3) is 3.99. The topological polar surface area (TPSA) is 56.1 Å². The zero-order valence-electron chi connectivity index (χ0n) is 14.8. The summed E-state index contributed by atoms with van der Waals surface area (Å²) in [6.07, 6.45) is 5.38. The molecule has 0 aliphatic carbocycles. The Morgan fingerprint density at radius 2 is 1.96 bits per heavy atom. The average Bonchev–Trinajstić information content (AvgIpc) is 3.12. The summed E-state index contributed by atoms with van der Waals surface area (Å²) in [5, 5.41) is 5.28. The fourth-order valence-corrected chi connectivity index (χ4v) is 2.91. The van der Waals surface area contributed by atoms with E-state index in [-0.39, 0.29) is 17.9 Å². The van der Waals surface area contributed by atoms with E-state index in [0.717, 1.165) is 22.1 Å². The van der Waals surface area contributed by atoms with Crippen LogP contribution in [0.1, 0.15) is 25.3 Å². The highest BCUT2D eigenvalue weighted by atomic mass is 16.5. The number of amides is 1. The largest absolute Gasteiger partial charge is 0.497 e. The van der Waals surface area contributed by atoms with Gasteiger partial charge in [0.25, 0.3) is 0 Å². The Morgan fingerprint density at radius 1 is 1.20 bits per heavy atom. The Kier molecular flexibility index (Phi) is 5.03. The molecular weight excluding hydrogens is 314 g/mol. The van der Waals surface area contributed by atoms with E-state index in [1.807, 2.05) is 54.9 Å². The Bertz CT molecular complexity index is 859. The molecule has 25 heavy (non-hydrogen) atoms. The highest BCUT2D eigenvalue weighted by molar-refractivity contribution is 5.88. The SMILES string of the molecule is COc1ccc2cc([C@H](C)C(=O)N[C@H](C)Cn3ccnc3)ccc2c1. The molecule has 3 rings (SSSR count). The Hall–Kier alpha value is -2.82. The molecule has 0 aliphatic rings. The molecule has 0 spiro atoms. The molecule has 1 aromatic heterocycles. The fraction of sp³-hybridized carbons (Fsp3) is 0.300. The van der Waals surface area contributed by atoms with Crippen molar-refractivity contribution in [1.29, 1.82) is 0 Å². The minimum Gasteiger partial charge on any atom is -0.497 e. The Balaban J connectivity index is 1.69. The number of imidazole rings is 1. The smallest absolute Gasteiger partial charge is 0.227 e. The number of benzene rings is 2. The molecule has 0 unspecified atom stereocenters. The van der Waals surface area contributed by atoms with E-state index >= 15 is 0 Å². The van der Waals surface area contributed by atoms with Crippen molar-refractivity contribution >= 4 is 16.7 Å². The van der Waals surface area contributed by atoms with Crippen LogP contribution in [0.2, 0.25) is 0 Å². The van der Waals surface area contributed by atoms with Gasteiger partial charge >= 0.3 is 0 Å². The number of aromatic nitrogens is 2.